The molecule has 1 heterocycles. The van der Waals surface area contributed by atoms with Crippen molar-refractivity contribution in [3.05, 3.63) is 0 Å². The zero-order valence-corrected chi connectivity index (χ0v) is 11.4. The second-order valence-corrected chi connectivity index (χ2v) is 5.97. The summed E-state index contributed by atoms with van der Waals surface area (Å²) in [6.07, 6.45) is 5.24. The molecule has 0 unspecified atom stereocenters. The monoisotopic (exact) mass is 250 g/mol. The van der Waals surface area contributed by atoms with Gasteiger partial charge in [0, 0.05) is 20.2 Å². The zero-order chi connectivity index (χ0) is 13.2. The Morgan fingerprint density at radius 3 is 2.33 bits per heavy atom. The smallest absolute Gasteiger partial charge is 0.225 e. The highest BCUT2D eigenvalue weighted by Crippen LogP contribution is 2.39. The standard InChI is InChI=1S/C14H22N2O2/c1-13(11-15)6-8-16(9-7-13)12(17)10-14(18-2)4-3-5-14/h3-10H2,1-2H3. The highest BCUT2D eigenvalue weighted by molar-refractivity contribution is 5.77. The Bertz CT molecular complexity index is 355. The van der Waals surface area contributed by atoms with Gasteiger partial charge in [-0.1, -0.05) is 0 Å². The molecule has 0 spiro atoms. The summed E-state index contributed by atoms with van der Waals surface area (Å²) in [6, 6.07) is 2.36. The normalized spacial score (nSPS) is 25.1. The lowest BCUT2D eigenvalue weighted by Gasteiger charge is -2.42. The fourth-order valence-corrected chi connectivity index (χ4v) is 2.77. The summed E-state index contributed by atoms with van der Waals surface area (Å²) in [6.45, 7) is 3.41. The van der Waals surface area contributed by atoms with E-state index in [9.17, 15) is 4.79 Å². The number of nitriles is 1. The molecule has 1 saturated heterocycles. The summed E-state index contributed by atoms with van der Waals surface area (Å²) in [7, 11) is 1.70. The fourth-order valence-electron chi connectivity index (χ4n) is 2.77. The van der Waals surface area contributed by atoms with Gasteiger partial charge in [0.25, 0.3) is 0 Å². The second-order valence-electron chi connectivity index (χ2n) is 5.97. The van der Waals surface area contributed by atoms with Crippen LogP contribution >= 0.6 is 0 Å². The quantitative estimate of drug-likeness (QED) is 0.770. The summed E-state index contributed by atoms with van der Waals surface area (Å²) < 4.78 is 5.50. The number of methoxy groups -OCH3 is 1. The maximum Gasteiger partial charge on any atom is 0.225 e. The molecule has 0 N–H and O–H groups in total. The molecule has 0 aromatic heterocycles. The molecule has 2 aliphatic rings. The van der Waals surface area contributed by atoms with Crippen LogP contribution in [0.15, 0.2) is 0 Å². The van der Waals surface area contributed by atoms with Crippen LogP contribution in [0.5, 0.6) is 0 Å². The first-order valence-corrected chi connectivity index (χ1v) is 6.77. The SMILES string of the molecule is COC1(CC(=O)N2CCC(C)(C#N)CC2)CCC1. The predicted octanol–water partition coefficient (Wildman–Crippen LogP) is 2.10. The molecular weight excluding hydrogens is 228 g/mol. The fraction of sp³-hybridized carbons (Fsp3) is 0.857. The lowest BCUT2D eigenvalue weighted by atomic mass is 9.76. The molecule has 0 bridgehead atoms. The molecule has 2 fully saturated rings. The van der Waals surface area contributed by atoms with Crippen LogP contribution in [0.3, 0.4) is 0 Å². The first-order chi connectivity index (χ1) is 8.52. The van der Waals surface area contributed by atoms with Crippen LogP contribution < -0.4 is 0 Å². The summed E-state index contributed by atoms with van der Waals surface area (Å²) >= 11 is 0. The lowest BCUT2D eigenvalue weighted by Crippen LogP contribution is -2.48. The maximum absolute atomic E-state index is 12.2. The maximum atomic E-state index is 12.2. The number of carbonyl (C=O) groups excluding carboxylic acids is 1. The van der Waals surface area contributed by atoms with Gasteiger partial charge in [0.1, 0.15) is 0 Å². The number of rotatable bonds is 3. The van der Waals surface area contributed by atoms with Crippen molar-refractivity contribution < 1.29 is 9.53 Å². The molecule has 1 saturated carbocycles. The van der Waals surface area contributed by atoms with Gasteiger partial charge in [-0.15, -0.1) is 0 Å². The van der Waals surface area contributed by atoms with Gasteiger partial charge in [-0.2, -0.15) is 5.26 Å². The number of hydrogen-bond acceptors (Lipinski definition) is 3. The average Bonchev–Trinajstić information content (AvgIpc) is 2.34. The average molecular weight is 250 g/mol. The van der Waals surface area contributed by atoms with Crippen LogP contribution in [0.4, 0.5) is 0 Å². The largest absolute Gasteiger partial charge is 0.378 e. The van der Waals surface area contributed by atoms with E-state index in [0.717, 1.165) is 32.1 Å². The van der Waals surface area contributed by atoms with Crippen LogP contribution in [0.1, 0.15) is 45.4 Å². The van der Waals surface area contributed by atoms with E-state index in [1.807, 2.05) is 11.8 Å². The van der Waals surface area contributed by atoms with Crippen molar-refractivity contribution in [3.8, 4) is 6.07 Å². The Hall–Kier alpha value is -1.08. The number of piperidine rings is 1. The van der Waals surface area contributed by atoms with Crippen molar-refractivity contribution in [3.63, 3.8) is 0 Å². The minimum atomic E-state index is -0.244. The van der Waals surface area contributed by atoms with E-state index in [4.69, 9.17) is 10.00 Å². The van der Waals surface area contributed by atoms with Gasteiger partial charge >= 0.3 is 0 Å². The first-order valence-electron chi connectivity index (χ1n) is 6.77. The van der Waals surface area contributed by atoms with Gasteiger partial charge in [0.05, 0.1) is 23.5 Å². The van der Waals surface area contributed by atoms with E-state index < -0.39 is 0 Å². The number of amides is 1. The van der Waals surface area contributed by atoms with Crippen LogP contribution in [-0.4, -0.2) is 36.6 Å². The van der Waals surface area contributed by atoms with Gasteiger partial charge in [0.2, 0.25) is 5.91 Å². The van der Waals surface area contributed by atoms with Gasteiger partial charge in [-0.3, -0.25) is 4.79 Å². The summed E-state index contributed by atoms with van der Waals surface area (Å²) in [5, 5.41) is 9.07. The van der Waals surface area contributed by atoms with Gasteiger partial charge in [-0.05, 0) is 39.0 Å². The van der Waals surface area contributed by atoms with Crippen LogP contribution in [0.25, 0.3) is 0 Å². The molecule has 0 radical (unpaired) electrons. The Kier molecular flexibility index (Phi) is 3.63. The molecule has 2 rings (SSSR count). The molecule has 1 aliphatic carbocycles. The first kappa shape index (κ1) is 13.4. The molecule has 18 heavy (non-hydrogen) atoms. The molecule has 1 aliphatic heterocycles. The molecule has 0 atom stereocenters. The molecule has 1 amide bonds. The third-order valence-electron chi connectivity index (χ3n) is 4.66. The highest BCUT2D eigenvalue weighted by atomic mass is 16.5. The number of carbonyl (C=O) groups is 1. The van der Waals surface area contributed by atoms with Crippen molar-refractivity contribution >= 4 is 5.91 Å². The van der Waals surface area contributed by atoms with E-state index in [1.165, 1.54) is 0 Å². The lowest BCUT2D eigenvalue weighted by molar-refractivity contribution is -0.145. The summed E-state index contributed by atoms with van der Waals surface area (Å²) in [4.78, 5) is 14.1. The predicted molar refractivity (Wildman–Crippen MR) is 67.7 cm³/mol. The van der Waals surface area contributed by atoms with Crippen molar-refractivity contribution in [1.29, 1.82) is 5.26 Å². The zero-order valence-electron chi connectivity index (χ0n) is 11.4. The van der Waals surface area contributed by atoms with Crippen LogP contribution in [0, 0.1) is 16.7 Å². The highest BCUT2D eigenvalue weighted by Gasteiger charge is 2.41. The Morgan fingerprint density at radius 1 is 1.33 bits per heavy atom. The van der Waals surface area contributed by atoms with Crippen molar-refractivity contribution in [2.45, 2.75) is 51.0 Å². The molecule has 0 aromatic rings. The molecule has 100 valence electrons. The minimum Gasteiger partial charge on any atom is -0.378 e. The van der Waals surface area contributed by atoms with Crippen LogP contribution in [0.2, 0.25) is 0 Å². The Morgan fingerprint density at radius 2 is 1.94 bits per heavy atom. The Balaban J connectivity index is 1.86. The van der Waals surface area contributed by atoms with E-state index >= 15 is 0 Å². The van der Waals surface area contributed by atoms with Gasteiger partial charge < -0.3 is 9.64 Å². The third kappa shape index (κ3) is 2.51. The number of likely N-dealkylation sites (tertiary alicyclic amines) is 1. The summed E-state index contributed by atoms with van der Waals surface area (Å²) in [5.74, 6) is 0.191. The number of hydrogen-bond donors (Lipinski definition) is 0. The minimum absolute atomic E-state index is 0.187. The van der Waals surface area contributed by atoms with Crippen molar-refractivity contribution in [2.75, 3.05) is 20.2 Å². The second kappa shape index (κ2) is 4.89. The van der Waals surface area contributed by atoms with Crippen LogP contribution in [-0.2, 0) is 9.53 Å². The van der Waals surface area contributed by atoms with E-state index in [0.29, 0.717) is 19.5 Å². The molecule has 0 aromatic carbocycles. The third-order valence-corrected chi connectivity index (χ3v) is 4.66. The van der Waals surface area contributed by atoms with Crippen molar-refractivity contribution in [2.24, 2.45) is 5.41 Å². The van der Waals surface area contributed by atoms with Gasteiger partial charge in [-0.25, -0.2) is 0 Å². The molecule has 4 heteroatoms. The number of ether oxygens (including phenoxy) is 1. The summed E-state index contributed by atoms with van der Waals surface area (Å²) in [5.41, 5.74) is -0.431. The van der Waals surface area contributed by atoms with E-state index in [1.54, 1.807) is 7.11 Å². The molecular formula is C14H22N2O2. The topological polar surface area (TPSA) is 53.3 Å². The van der Waals surface area contributed by atoms with E-state index in [-0.39, 0.29) is 16.9 Å². The van der Waals surface area contributed by atoms with E-state index in [2.05, 4.69) is 6.07 Å². The van der Waals surface area contributed by atoms with Gasteiger partial charge in [0.15, 0.2) is 0 Å². The number of nitrogens with zero attached hydrogens (tertiary/aromatic N) is 2. The Labute approximate surface area is 109 Å². The van der Waals surface area contributed by atoms with Crippen molar-refractivity contribution in [1.82, 2.24) is 4.90 Å². The molecule has 4 nitrogen and oxygen atoms in total.